The van der Waals surface area contributed by atoms with Crippen LogP contribution in [0.15, 0.2) is 53.4 Å². The fourth-order valence-electron chi connectivity index (χ4n) is 1.53. The van der Waals surface area contributed by atoms with Crippen LogP contribution >= 0.6 is 12.6 Å². The van der Waals surface area contributed by atoms with E-state index >= 15 is 0 Å². The lowest BCUT2D eigenvalue weighted by atomic mass is 10.0. The van der Waals surface area contributed by atoms with Crippen LogP contribution < -0.4 is 10.5 Å². The van der Waals surface area contributed by atoms with Crippen molar-refractivity contribution in [2.75, 3.05) is 0 Å². The van der Waals surface area contributed by atoms with E-state index in [1.165, 1.54) is 0 Å². The van der Waals surface area contributed by atoms with Gasteiger partial charge < -0.3 is 4.84 Å². The topological polar surface area (TPSA) is 41.5 Å². The van der Waals surface area contributed by atoms with Crippen LogP contribution in [0.4, 0.5) is 0 Å². The van der Waals surface area contributed by atoms with E-state index in [-0.39, 0.29) is 0 Å². The molecule has 82 valence electrons. The van der Waals surface area contributed by atoms with Gasteiger partial charge in [-0.2, -0.15) is 0 Å². The van der Waals surface area contributed by atoms with Gasteiger partial charge in [0, 0.05) is 10.5 Å². The molecule has 0 heterocycles. The molecule has 2 aromatic rings. The lowest BCUT2D eigenvalue weighted by Crippen LogP contribution is -2.12. The molecule has 0 spiro atoms. The number of benzene rings is 2. The quantitative estimate of drug-likeness (QED) is 0.564. The van der Waals surface area contributed by atoms with Crippen LogP contribution in [-0.2, 0) is 0 Å². The monoisotopic (exact) mass is 233 g/mol. The zero-order valence-corrected chi connectivity index (χ0v) is 9.32. The van der Waals surface area contributed by atoms with Gasteiger partial charge in [0.2, 0.25) is 0 Å². The summed E-state index contributed by atoms with van der Waals surface area (Å²) in [7, 11) is 0. The maximum atomic E-state index is 8.57. The number of thiol groups is 1. The van der Waals surface area contributed by atoms with Crippen LogP contribution in [-0.4, -0.2) is 5.21 Å². The van der Waals surface area contributed by atoms with E-state index < -0.39 is 0 Å². The second-order valence-electron chi connectivity index (χ2n) is 3.21. The summed E-state index contributed by atoms with van der Waals surface area (Å²) in [5, 5.41) is 8.57. The molecule has 3 nitrogen and oxygen atoms in total. The van der Waals surface area contributed by atoms with E-state index in [0.717, 1.165) is 16.0 Å². The number of rotatable bonds is 3. The number of nitrogens with one attached hydrogen (secondary N) is 1. The Morgan fingerprint density at radius 3 is 2.25 bits per heavy atom. The van der Waals surface area contributed by atoms with Crippen LogP contribution in [0.5, 0.6) is 5.75 Å². The third kappa shape index (κ3) is 2.19. The van der Waals surface area contributed by atoms with Gasteiger partial charge in [0.25, 0.3) is 0 Å². The van der Waals surface area contributed by atoms with Gasteiger partial charge in [0.05, 0.1) is 0 Å². The molecule has 0 fully saturated rings. The van der Waals surface area contributed by atoms with E-state index in [1.807, 2.05) is 42.5 Å². The van der Waals surface area contributed by atoms with Crippen LogP contribution in [0.25, 0.3) is 11.1 Å². The Labute approximate surface area is 99.0 Å². The lowest BCUT2D eigenvalue weighted by Gasteiger charge is -2.10. The molecule has 0 bridgehead atoms. The Kier molecular flexibility index (Phi) is 3.46. The Morgan fingerprint density at radius 2 is 1.56 bits per heavy atom. The zero-order chi connectivity index (χ0) is 11.4. The molecule has 0 saturated heterocycles. The van der Waals surface area contributed by atoms with Crippen molar-refractivity contribution in [3.8, 4) is 16.9 Å². The summed E-state index contributed by atoms with van der Waals surface area (Å²) in [5.74, 6) is 0.548. The summed E-state index contributed by atoms with van der Waals surface area (Å²) in [6, 6.07) is 15.1. The van der Waals surface area contributed by atoms with Crippen molar-refractivity contribution in [2.45, 2.75) is 4.90 Å². The van der Waals surface area contributed by atoms with Crippen LogP contribution in [0.1, 0.15) is 0 Å². The highest BCUT2D eigenvalue weighted by molar-refractivity contribution is 7.80. The molecule has 16 heavy (non-hydrogen) atoms. The molecule has 2 N–H and O–H groups in total. The second-order valence-corrected chi connectivity index (χ2v) is 3.69. The van der Waals surface area contributed by atoms with Gasteiger partial charge in [-0.3, -0.25) is 5.21 Å². The molecule has 0 aliphatic carbocycles. The first-order valence-corrected chi connectivity index (χ1v) is 5.21. The third-order valence-electron chi connectivity index (χ3n) is 2.24. The molecule has 2 rings (SSSR count). The second kappa shape index (κ2) is 5.03. The number of hydrogen-bond donors (Lipinski definition) is 3. The molecular weight excluding hydrogens is 222 g/mol. The van der Waals surface area contributed by atoms with Gasteiger partial charge in [0.1, 0.15) is 0 Å². The first-order chi connectivity index (χ1) is 7.83. The SMILES string of the molecule is ONOc1ccccc1-c1ccccc1S. The molecule has 4 heteroatoms. The van der Waals surface area contributed by atoms with Crippen molar-refractivity contribution in [3.63, 3.8) is 0 Å². The summed E-state index contributed by atoms with van der Waals surface area (Å²) < 4.78 is 0. The highest BCUT2D eigenvalue weighted by Crippen LogP contribution is 2.33. The van der Waals surface area contributed by atoms with Crippen molar-refractivity contribution < 1.29 is 10.0 Å². The summed E-state index contributed by atoms with van der Waals surface area (Å²) in [6.45, 7) is 0. The van der Waals surface area contributed by atoms with Gasteiger partial charge in [-0.15, -0.1) is 12.6 Å². The minimum Gasteiger partial charge on any atom is -0.383 e. The van der Waals surface area contributed by atoms with Crippen molar-refractivity contribution in [3.05, 3.63) is 48.5 Å². The summed E-state index contributed by atoms with van der Waals surface area (Å²) in [4.78, 5) is 5.78. The molecule has 0 unspecified atom stereocenters. The lowest BCUT2D eigenvalue weighted by molar-refractivity contribution is -0.0431. The fourth-order valence-corrected chi connectivity index (χ4v) is 1.81. The molecule has 0 atom stereocenters. The summed E-state index contributed by atoms with van der Waals surface area (Å²) >= 11 is 4.39. The van der Waals surface area contributed by atoms with Gasteiger partial charge in [-0.25, -0.2) is 0 Å². The predicted octanol–water partition coefficient (Wildman–Crippen LogP) is 2.91. The molecule has 0 aliphatic heterocycles. The fraction of sp³-hybridized carbons (Fsp3) is 0. The standard InChI is InChI=1S/C12H11NO2S/c14-13-15-11-7-3-1-5-9(11)10-6-2-4-8-12(10)16/h1-8,13-14,16H. The smallest absolute Gasteiger partial charge is 0.158 e. The normalized spacial score (nSPS) is 10.1. The van der Waals surface area contributed by atoms with Gasteiger partial charge >= 0.3 is 0 Å². The van der Waals surface area contributed by atoms with Crippen LogP contribution in [0.3, 0.4) is 0 Å². The average molecular weight is 233 g/mol. The first kappa shape index (κ1) is 11.0. The maximum absolute atomic E-state index is 8.57. The van der Waals surface area contributed by atoms with Gasteiger partial charge in [-0.1, -0.05) is 36.4 Å². The van der Waals surface area contributed by atoms with Crippen molar-refractivity contribution in [2.24, 2.45) is 0 Å². The third-order valence-corrected chi connectivity index (χ3v) is 2.63. The van der Waals surface area contributed by atoms with Crippen LogP contribution in [0.2, 0.25) is 0 Å². The average Bonchev–Trinajstić information content (AvgIpc) is 2.31. The molecule has 0 aromatic heterocycles. The zero-order valence-electron chi connectivity index (χ0n) is 8.42. The maximum Gasteiger partial charge on any atom is 0.158 e. The van der Waals surface area contributed by atoms with Gasteiger partial charge in [0.15, 0.2) is 5.75 Å². The van der Waals surface area contributed by atoms with Crippen molar-refractivity contribution in [1.29, 1.82) is 0 Å². The highest BCUT2D eigenvalue weighted by Gasteiger charge is 2.07. The van der Waals surface area contributed by atoms with Crippen LogP contribution in [0, 0.1) is 0 Å². The predicted molar refractivity (Wildman–Crippen MR) is 64.7 cm³/mol. The number of hydrogen-bond acceptors (Lipinski definition) is 4. The van der Waals surface area contributed by atoms with E-state index in [0.29, 0.717) is 5.75 Å². The summed E-state index contributed by atoms with van der Waals surface area (Å²) in [5.41, 5.74) is 3.51. The van der Waals surface area contributed by atoms with Crippen molar-refractivity contribution in [1.82, 2.24) is 5.64 Å². The molecule has 2 aromatic carbocycles. The summed E-state index contributed by atoms with van der Waals surface area (Å²) in [6.07, 6.45) is 0. The molecule has 0 amide bonds. The molecule has 0 aliphatic rings. The Hall–Kier alpha value is -1.49. The highest BCUT2D eigenvalue weighted by atomic mass is 32.1. The molecule has 0 radical (unpaired) electrons. The molecule has 0 saturated carbocycles. The van der Waals surface area contributed by atoms with E-state index in [9.17, 15) is 0 Å². The Bertz CT molecular complexity index is 488. The number of para-hydroxylation sites is 1. The first-order valence-electron chi connectivity index (χ1n) is 4.76. The van der Waals surface area contributed by atoms with E-state index in [2.05, 4.69) is 12.6 Å². The largest absolute Gasteiger partial charge is 0.383 e. The minimum absolute atomic E-state index is 0.548. The van der Waals surface area contributed by atoms with E-state index in [4.69, 9.17) is 10.0 Å². The van der Waals surface area contributed by atoms with Gasteiger partial charge in [-0.05, 0) is 23.3 Å². The molecular formula is C12H11NO2S. The minimum atomic E-state index is 0.548. The van der Waals surface area contributed by atoms with E-state index in [1.54, 1.807) is 11.7 Å². The Balaban J connectivity index is 2.51. The van der Waals surface area contributed by atoms with Crippen molar-refractivity contribution >= 4 is 12.6 Å². The Morgan fingerprint density at radius 1 is 0.938 bits per heavy atom.